The largest absolute Gasteiger partial charge is 0.434 e. The minimum Gasteiger partial charge on any atom is -0.434 e. The highest BCUT2D eigenvalue weighted by Gasteiger charge is 2.21. The SMILES string of the molecule is C=CC=COC(=O)C1CCCCC1. The number of carbonyl (C=O) groups is 1. The van der Waals surface area contributed by atoms with E-state index in [1.54, 1.807) is 12.2 Å². The molecule has 0 aromatic carbocycles. The summed E-state index contributed by atoms with van der Waals surface area (Å²) in [4.78, 5) is 11.4. The van der Waals surface area contributed by atoms with Crippen LogP contribution in [0.1, 0.15) is 32.1 Å². The Hall–Kier alpha value is -1.05. The Morgan fingerprint density at radius 3 is 2.62 bits per heavy atom. The third-order valence-electron chi connectivity index (χ3n) is 2.34. The standard InChI is InChI=1S/C11H16O2/c1-2-3-9-13-11(12)10-7-5-4-6-8-10/h2-3,9-10H,1,4-8H2. The highest BCUT2D eigenvalue weighted by Crippen LogP contribution is 2.24. The van der Waals surface area contributed by atoms with E-state index in [9.17, 15) is 4.79 Å². The average Bonchev–Trinajstić information content (AvgIpc) is 2.19. The molecule has 0 saturated heterocycles. The Morgan fingerprint density at radius 1 is 1.31 bits per heavy atom. The second kappa shape index (κ2) is 5.57. The Morgan fingerprint density at radius 2 is 2.00 bits per heavy atom. The number of allylic oxidation sites excluding steroid dienone is 2. The van der Waals surface area contributed by atoms with Crippen LogP contribution in [0.15, 0.2) is 25.0 Å². The second-order valence-corrected chi connectivity index (χ2v) is 3.34. The van der Waals surface area contributed by atoms with Crippen molar-refractivity contribution < 1.29 is 9.53 Å². The summed E-state index contributed by atoms with van der Waals surface area (Å²) >= 11 is 0. The van der Waals surface area contributed by atoms with Crippen molar-refractivity contribution in [2.24, 2.45) is 5.92 Å². The average molecular weight is 180 g/mol. The molecule has 72 valence electrons. The Kier molecular flexibility index (Phi) is 4.30. The molecule has 0 aromatic heterocycles. The zero-order valence-corrected chi connectivity index (χ0v) is 7.87. The molecule has 2 nitrogen and oxygen atoms in total. The zero-order chi connectivity index (χ0) is 9.52. The van der Waals surface area contributed by atoms with E-state index in [-0.39, 0.29) is 11.9 Å². The van der Waals surface area contributed by atoms with E-state index in [0.29, 0.717) is 0 Å². The van der Waals surface area contributed by atoms with Crippen molar-refractivity contribution in [3.8, 4) is 0 Å². The predicted octanol–water partition coefficient (Wildman–Crippen LogP) is 2.81. The van der Waals surface area contributed by atoms with Crippen LogP contribution < -0.4 is 0 Å². The molecule has 0 aromatic rings. The van der Waals surface area contributed by atoms with Crippen LogP contribution in [-0.4, -0.2) is 5.97 Å². The molecule has 2 heteroatoms. The molecule has 0 unspecified atom stereocenters. The van der Waals surface area contributed by atoms with E-state index in [1.165, 1.54) is 12.7 Å². The molecule has 0 radical (unpaired) electrons. The smallest absolute Gasteiger partial charge is 0.313 e. The summed E-state index contributed by atoms with van der Waals surface area (Å²) in [6, 6.07) is 0. The molecule has 0 spiro atoms. The number of ether oxygens (including phenoxy) is 1. The molecule has 0 amide bonds. The van der Waals surface area contributed by atoms with Crippen LogP contribution in [-0.2, 0) is 9.53 Å². The van der Waals surface area contributed by atoms with Crippen LogP contribution in [0, 0.1) is 5.92 Å². The van der Waals surface area contributed by atoms with Gasteiger partial charge in [0.15, 0.2) is 0 Å². The van der Waals surface area contributed by atoms with Crippen LogP contribution in [0.4, 0.5) is 0 Å². The molecule has 0 N–H and O–H groups in total. The first-order valence-corrected chi connectivity index (χ1v) is 4.82. The van der Waals surface area contributed by atoms with Crippen LogP contribution in [0.3, 0.4) is 0 Å². The first-order valence-electron chi connectivity index (χ1n) is 4.82. The van der Waals surface area contributed by atoms with Crippen molar-refractivity contribution in [3.05, 3.63) is 25.0 Å². The molecule has 1 fully saturated rings. The van der Waals surface area contributed by atoms with Gasteiger partial charge >= 0.3 is 5.97 Å². The van der Waals surface area contributed by atoms with Crippen molar-refractivity contribution >= 4 is 5.97 Å². The monoisotopic (exact) mass is 180 g/mol. The van der Waals surface area contributed by atoms with Crippen molar-refractivity contribution in [1.29, 1.82) is 0 Å². The van der Waals surface area contributed by atoms with E-state index in [4.69, 9.17) is 4.74 Å². The quantitative estimate of drug-likeness (QED) is 0.379. The predicted molar refractivity (Wildman–Crippen MR) is 52.0 cm³/mol. The molecule has 0 heterocycles. The molecule has 0 bridgehead atoms. The van der Waals surface area contributed by atoms with E-state index in [0.717, 1.165) is 25.7 Å². The van der Waals surface area contributed by atoms with Crippen molar-refractivity contribution in [2.45, 2.75) is 32.1 Å². The summed E-state index contributed by atoms with van der Waals surface area (Å²) in [5.74, 6) is 0.0426. The van der Waals surface area contributed by atoms with Gasteiger partial charge in [0, 0.05) is 0 Å². The Labute approximate surface area is 79.3 Å². The summed E-state index contributed by atoms with van der Waals surface area (Å²) in [5, 5.41) is 0. The van der Waals surface area contributed by atoms with Gasteiger partial charge in [0.25, 0.3) is 0 Å². The van der Waals surface area contributed by atoms with Gasteiger partial charge in [-0.1, -0.05) is 31.9 Å². The zero-order valence-electron chi connectivity index (χ0n) is 7.87. The minimum absolute atomic E-state index is 0.0854. The van der Waals surface area contributed by atoms with Crippen LogP contribution in [0.5, 0.6) is 0 Å². The molecule has 1 saturated carbocycles. The molecular formula is C11H16O2. The van der Waals surface area contributed by atoms with Gasteiger partial charge in [0.2, 0.25) is 0 Å². The Balaban J connectivity index is 2.28. The summed E-state index contributed by atoms with van der Waals surface area (Å²) in [7, 11) is 0. The Bertz CT molecular complexity index is 200. The van der Waals surface area contributed by atoms with E-state index in [1.807, 2.05) is 0 Å². The van der Waals surface area contributed by atoms with Gasteiger partial charge in [-0.2, -0.15) is 0 Å². The summed E-state index contributed by atoms with van der Waals surface area (Å²) in [6.45, 7) is 3.49. The topological polar surface area (TPSA) is 26.3 Å². The summed E-state index contributed by atoms with van der Waals surface area (Å²) < 4.78 is 4.93. The maximum absolute atomic E-state index is 11.4. The third-order valence-corrected chi connectivity index (χ3v) is 2.34. The molecule has 1 aliphatic rings. The van der Waals surface area contributed by atoms with Gasteiger partial charge in [-0.3, -0.25) is 4.79 Å². The lowest BCUT2D eigenvalue weighted by atomic mass is 9.89. The fourth-order valence-corrected chi connectivity index (χ4v) is 1.60. The highest BCUT2D eigenvalue weighted by molar-refractivity contribution is 5.73. The number of hydrogen-bond donors (Lipinski definition) is 0. The van der Waals surface area contributed by atoms with Gasteiger partial charge < -0.3 is 4.74 Å². The molecule has 0 atom stereocenters. The van der Waals surface area contributed by atoms with Gasteiger partial charge in [0.1, 0.15) is 0 Å². The summed E-state index contributed by atoms with van der Waals surface area (Å²) in [6.07, 6.45) is 10.2. The van der Waals surface area contributed by atoms with Crippen molar-refractivity contribution in [2.75, 3.05) is 0 Å². The molecule has 1 rings (SSSR count). The first kappa shape index (κ1) is 10.0. The fraction of sp³-hybridized carbons (Fsp3) is 0.545. The van der Waals surface area contributed by atoms with Crippen molar-refractivity contribution in [3.63, 3.8) is 0 Å². The lowest BCUT2D eigenvalue weighted by Crippen LogP contribution is -2.18. The lowest BCUT2D eigenvalue weighted by Gasteiger charge is -2.18. The maximum atomic E-state index is 11.4. The third kappa shape index (κ3) is 3.45. The van der Waals surface area contributed by atoms with Gasteiger partial charge in [-0.15, -0.1) is 0 Å². The lowest BCUT2D eigenvalue weighted by molar-refractivity contribution is -0.143. The fourth-order valence-electron chi connectivity index (χ4n) is 1.60. The molecular weight excluding hydrogens is 164 g/mol. The van der Waals surface area contributed by atoms with Crippen LogP contribution in [0.25, 0.3) is 0 Å². The molecule has 0 aliphatic heterocycles. The number of carbonyl (C=O) groups excluding carboxylic acids is 1. The van der Waals surface area contributed by atoms with Gasteiger partial charge in [-0.25, -0.2) is 0 Å². The van der Waals surface area contributed by atoms with E-state index < -0.39 is 0 Å². The molecule has 13 heavy (non-hydrogen) atoms. The van der Waals surface area contributed by atoms with Gasteiger partial charge in [0.05, 0.1) is 12.2 Å². The second-order valence-electron chi connectivity index (χ2n) is 3.34. The van der Waals surface area contributed by atoms with Crippen LogP contribution >= 0.6 is 0 Å². The maximum Gasteiger partial charge on any atom is 0.313 e. The number of rotatable bonds is 3. The number of esters is 1. The van der Waals surface area contributed by atoms with Crippen molar-refractivity contribution in [1.82, 2.24) is 0 Å². The first-order chi connectivity index (χ1) is 6.34. The van der Waals surface area contributed by atoms with E-state index in [2.05, 4.69) is 6.58 Å². The van der Waals surface area contributed by atoms with Gasteiger partial charge in [-0.05, 0) is 18.9 Å². The van der Waals surface area contributed by atoms with E-state index >= 15 is 0 Å². The highest BCUT2D eigenvalue weighted by atomic mass is 16.5. The normalized spacial score (nSPS) is 18.8. The minimum atomic E-state index is -0.0854. The molecule has 1 aliphatic carbocycles. The van der Waals surface area contributed by atoms with Crippen LogP contribution in [0.2, 0.25) is 0 Å². The summed E-state index contributed by atoms with van der Waals surface area (Å²) in [5.41, 5.74) is 0. The number of hydrogen-bond acceptors (Lipinski definition) is 2.